The highest BCUT2D eigenvalue weighted by Crippen LogP contribution is 2.28. The second-order valence-electron chi connectivity index (χ2n) is 8.37. The van der Waals surface area contributed by atoms with Gasteiger partial charge < -0.3 is 20.3 Å². The highest BCUT2D eigenvalue weighted by molar-refractivity contribution is 6.33. The minimum atomic E-state index is -0.351. The molecule has 0 aliphatic rings. The van der Waals surface area contributed by atoms with Crippen LogP contribution >= 0.6 is 11.6 Å². The van der Waals surface area contributed by atoms with Crippen LogP contribution in [0.25, 0.3) is 22.2 Å². The molecule has 12 heteroatoms. The summed E-state index contributed by atoms with van der Waals surface area (Å²) >= 11 is 6.32. The number of hydrogen-bond donors (Lipinski definition) is 3. The number of nitrogens with zero attached hydrogens (tertiary/aromatic N) is 6. The van der Waals surface area contributed by atoms with Crippen molar-refractivity contribution >= 4 is 39.9 Å². The van der Waals surface area contributed by atoms with Crippen molar-refractivity contribution in [3.63, 3.8) is 0 Å². The fourth-order valence-electron chi connectivity index (χ4n) is 4.35. The predicted molar refractivity (Wildman–Crippen MR) is 140 cm³/mol. The van der Waals surface area contributed by atoms with Crippen molar-refractivity contribution < 1.29 is 9.90 Å². The lowest BCUT2D eigenvalue weighted by molar-refractivity contribution is 0.0946. The van der Waals surface area contributed by atoms with E-state index in [1.54, 1.807) is 23.0 Å². The Morgan fingerprint density at radius 2 is 2.03 bits per heavy atom. The van der Waals surface area contributed by atoms with Gasteiger partial charge in [0.15, 0.2) is 5.82 Å². The zero-order valence-corrected chi connectivity index (χ0v) is 20.8. The van der Waals surface area contributed by atoms with Gasteiger partial charge in [-0.2, -0.15) is 5.10 Å². The Morgan fingerprint density at radius 3 is 2.78 bits per heavy atom. The van der Waals surface area contributed by atoms with Crippen LogP contribution in [0.2, 0.25) is 5.02 Å². The number of carbonyl (C=O) groups is 1. The molecule has 0 fully saturated rings. The smallest absolute Gasteiger partial charge is 0.284 e. The molecule has 5 rings (SSSR count). The number of halogens is 1. The summed E-state index contributed by atoms with van der Waals surface area (Å²) in [6.45, 7) is 2.78. The largest absolute Gasteiger partial charge is 0.395 e. The zero-order valence-electron chi connectivity index (χ0n) is 20.1. The molecule has 11 nitrogen and oxygen atoms in total. The van der Waals surface area contributed by atoms with E-state index in [0.717, 1.165) is 6.42 Å². The van der Waals surface area contributed by atoms with Gasteiger partial charge in [0.25, 0.3) is 11.5 Å². The molecule has 0 spiro atoms. The van der Waals surface area contributed by atoms with E-state index in [-0.39, 0.29) is 36.7 Å². The van der Waals surface area contributed by atoms with Crippen molar-refractivity contribution in [1.82, 2.24) is 34.4 Å². The first kappa shape index (κ1) is 24.5. The normalized spacial score (nSPS) is 11.3. The van der Waals surface area contributed by atoms with Crippen molar-refractivity contribution in [3.05, 3.63) is 81.9 Å². The molecule has 37 heavy (non-hydrogen) atoms. The second kappa shape index (κ2) is 10.4. The molecule has 3 N–H and O–H groups in total. The summed E-state index contributed by atoms with van der Waals surface area (Å²) < 4.78 is 3.04. The molecule has 0 saturated carbocycles. The summed E-state index contributed by atoms with van der Waals surface area (Å²) in [5.41, 5.74) is 1.52. The van der Waals surface area contributed by atoms with Gasteiger partial charge in [0.2, 0.25) is 0 Å². The molecule has 0 aliphatic carbocycles. The lowest BCUT2D eigenvalue weighted by atomic mass is 10.2. The number of amides is 1. The molecule has 1 amide bonds. The van der Waals surface area contributed by atoms with Crippen molar-refractivity contribution in [2.75, 3.05) is 24.6 Å². The first-order chi connectivity index (χ1) is 18.0. The monoisotopic (exact) mass is 520 g/mol. The molecule has 0 atom stereocenters. The molecule has 0 saturated heterocycles. The molecule has 4 heterocycles. The molecule has 0 radical (unpaired) electrons. The summed E-state index contributed by atoms with van der Waals surface area (Å²) in [6.07, 6.45) is 5.43. The number of anilines is 1. The van der Waals surface area contributed by atoms with Gasteiger partial charge in [-0.3, -0.25) is 14.2 Å². The zero-order chi connectivity index (χ0) is 25.9. The number of aliphatic hydroxyl groups is 1. The maximum Gasteiger partial charge on any atom is 0.284 e. The van der Waals surface area contributed by atoms with Gasteiger partial charge in [0.1, 0.15) is 23.3 Å². The summed E-state index contributed by atoms with van der Waals surface area (Å²) in [7, 11) is 0. The fourth-order valence-corrected chi connectivity index (χ4v) is 4.57. The van der Waals surface area contributed by atoms with Gasteiger partial charge in [0.05, 0.1) is 34.8 Å². The Labute approximate surface area is 216 Å². The molecule has 0 unspecified atom stereocenters. The van der Waals surface area contributed by atoms with Gasteiger partial charge in [-0.15, -0.1) is 0 Å². The SMILES string of the molecule is CCCN(Cc1nn2ccc(Cl)c2c(=O)n1-c1ccccc1)c1ncnc2[nH]cc(C(=O)NCCO)c12. The third-order valence-electron chi connectivity index (χ3n) is 5.94. The van der Waals surface area contributed by atoms with Crippen molar-refractivity contribution in [2.24, 2.45) is 0 Å². The van der Waals surface area contributed by atoms with Crippen LogP contribution in [0.5, 0.6) is 0 Å². The summed E-state index contributed by atoms with van der Waals surface area (Å²) in [4.78, 5) is 40.2. The maximum atomic E-state index is 13.6. The number of aromatic nitrogens is 6. The fraction of sp³-hybridized carbons (Fsp3) is 0.240. The number of carbonyl (C=O) groups excluding carboxylic acids is 1. The average Bonchev–Trinajstić information content (AvgIpc) is 3.51. The Morgan fingerprint density at radius 1 is 1.22 bits per heavy atom. The van der Waals surface area contributed by atoms with E-state index in [1.165, 1.54) is 10.8 Å². The third kappa shape index (κ3) is 4.54. The Kier molecular flexibility index (Phi) is 6.89. The highest BCUT2D eigenvalue weighted by atomic mass is 35.5. The van der Waals surface area contributed by atoms with Gasteiger partial charge in [-0.05, 0) is 24.6 Å². The summed E-state index contributed by atoms with van der Waals surface area (Å²) in [6, 6.07) is 10.9. The summed E-state index contributed by atoms with van der Waals surface area (Å²) in [5.74, 6) is 0.648. The number of para-hydroxylation sites is 1. The van der Waals surface area contributed by atoms with Crippen LogP contribution in [0.1, 0.15) is 29.5 Å². The molecule has 1 aromatic carbocycles. The first-order valence-corrected chi connectivity index (χ1v) is 12.2. The van der Waals surface area contributed by atoms with Crippen LogP contribution in [0.3, 0.4) is 0 Å². The average molecular weight is 521 g/mol. The van der Waals surface area contributed by atoms with Crippen LogP contribution in [-0.2, 0) is 6.54 Å². The number of aromatic amines is 1. The molecule has 0 bridgehead atoms. The molecule has 0 aliphatic heterocycles. The number of hydrogen-bond acceptors (Lipinski definition) is 7. The van der Waals surface area contributed by atoms with Crippen LogP contribution in [-0.4, -0.2) is 59.8 Å². The van der Waals surface area contributed by atoms with E-state index in [9.17, 15) is 9.59 Å². The van der Waals surface area contributed by atoms with E-state index < -0.39 is 0 Å². The second-order valence-corrected chi connectivity index (χ2v) is 8.78. The lowest BCUT2D eigenvalue weighted by Gasteiger charge is -2.25. The van der Waals surface area contributed by atoms with Crippen molar-refractivity contribution in [2.45, 2.75) is 19.9 Å². The van der Waals surface area contributed by atoms with Crippen LogP contribution in [0.15, 0.2) is 59.9 Å². The van der Waals surface area contributed by atoms with Gasteiger partial charge in [-0.25, -0.2) is 14.5 Å². The standard InChI is InChI=1S/C25H25ClN8O3/c1-2-10-32(23-20-17(24(36)27-9-12-35)13-28-22(20)29-15-30-23)14-19-31-33-11-8-18(26)21(33)25(37)34(19)16-6-4-3-5-7-16/h3-8,11,13,15,35H,2,9-10,12,14H2,1H3,(H,27,36)(H,28,29,30). The molecule has 5 aromatic rings. The summed E-state index contributed by atoms with van der Waals surface area (Å²) in [5, 5.41) is 17.4. The lowest BCUT2D eigenvalue weighted by Crippen LogP contribution is -2.33. The quantitative estimate of drug-likeness (QED) is 0.272. The first-order valence-electron chi connectivity index (χ1n) is 11.8. The molecule has 4 aromatic heterocycles. The number of rotatable bonds is 9. The molecule has 190 valence electrons. The Hall–Kier alpha value is -4.22. The number of fused-ring (bicyclic) bond motifs is 2. The van der Waals surface area contributed by atoms with Crippen LogP contribution < -0.4 is 15.8 Å². The van der Waals surface area contributed by atoms with E-state index in [1.807, 2.05) is 42.2 Å². The number of benzene rings is 1. The Bertz CT molecular complexity index is 1630. The minimum absolute atomic E-state index is 0.125. The van der Waals surface area contributed by atoms with E-state index >= 15 is 0 Å². The van der Waals surface area contributed by atoms with Gasteiger partial charge >= 0.3 is 0 Å². The van der Waals surface area contributed by atoms with Crippen LogP contribution in [0, 0.1) is 0 Å². The molecular formula is C25H25ClN8O3. The van der Waals surface area contributed by atoms with Crippen LogP contribution in [0.4, 0.5) is 5.82 Å². The third-order valence-corrected chi connectivity index (χ3v) is 6.24. The van der Waals surface area contributed by atoms with E-state index in [0.29, 0.717) is 45.5 Å². The van der Waals surface area contributed by atoms with Crippen molar-refractivity contribution in [1.29, 1.82) is 0 Å². The van der Waals surface area contributed by atoms with Crippen molar-refractivity contribution in [3.8, 4) is 5.69 Å². The van der Waals surface area contributed by atoms with Gasteiger partial charge in [-0.1, -0.05) is 36.7 Å². The van der Waals surface area contributed by atoms with E-state index in [2.05, 4.69) is 20.3 Å². The predicted octanol–water partition coefficient (Wildman–Crippen LogP) is 2.55. The Balaban J connectivity index is 1.66. The number of aliphatic hydroxyl groups excluding tert-OH is 1. The highest BCUT2D eigenvalue weighted by Gasteiger charge is 2.23. The maximum absolute atomic E-state index is 13.6. The number of nitrogens with one attached hydrogen (secondary N) is 2. The van der Waals surface area contributed by atoms with E-state index in [4.69, 9.17) is 21.8 Å². The van der Waals surface area contributed by atoms with Gasteiger partial charge in [0, 0.05) is 25.5 Å². The minimum Gasteiger partial charge on any atom is -0.395 e. The topological polar surface area (TPSA) is 133 Å². The molecular weight excluding hydrogens is 496 g/mol. The number of H-pyrrole nitrogens is 1.